The van der Waals surface area contributed by atoms with Crippen LogP contribution < -0.4 is 5.43 Å². The molecule has 3 aromatic carbocycles. The third-order valence-electron chi connectivity index (χ3n) is 5.67. The second kappa shape index (κ2) is 7.89. The summed E-state index contributed by atoms with van der Waals surface area (Å²) in [5.41, 5.74) is 1.17. The Kier molecular flexibility index (Phi) is 5.04. The maximum atomic E-state index is 13.6. The summed E-state index contributed by atoms with van der Waals surface area (Å²) in [7, 11) is 0. The quantitative estimate of drug-likeness (QED) is 0.483. The minimum Gasteiger partial charge on any atom is -0.450 e. The van der Waals surface area contributed by atoms with Crippen LogP contribution in [0.2, 0.25) is 5.02 Å². The maximum Gasteiger partial charge on any atom is 0.291 e. The number of amides is 1. The number of hydrogen-bond donors (Lipinski definition) is 1. The fraction of sp³-hybridized carbons (Fsp3) is 0.120. The summed E-state index contributed by atoms with van der Waals surface area (Å²) in [6, 6.07) is 18.3. The lowest BCUT2D eigenvalue weighted by Gasteiger charge is -2.27. The van der Waals surface area contributed by atoms with E-state index in [4.69, 9.17) is 16.0 Å². The average molecular weight is 450 g/mol. The number of benzene rings is 3. The van der Waals surface area contributed by atoms with Crippen molar-refractivity contribution >= 4 is 28.5 Å². The van der Waals surface area contributed by atoms with Gasteiger partial charge in [-0.1, -0.05) is 54.1 Å². The van der Waals surface area contributed by atoms with Crippen LogP contribution in [0.3, 0.4) is 0 Å². The smallest absolute Gasteiger partial charge is 0.291 e. The highest BCUT2D eigenvalue weighted by Gasteiger charge is 2.43. The van der Waals surface area contributed by atoms with Gasteiger partial charge in [0.2, 0.25) is 5.76 Å². The van der Waals surface area contributed by atoms with Crippen LogP contribution in [0.25, 0.3) is 11.0 Å². The lowest BCUT2D eigenvalue weighted by Crippen LogP contribution is -2.33. The van der Waals surface area contributed by atoms with Gasteiger partial charge in [-0.3, -0.25) is 9.59 Å². The van der Waals surface area contributed by atoms with Gasteiger partial charge in [0.25, 0.3) is 5.91 Å². The SMILES string of the molecule is O=C1c2oc3ccc(Cl)cc3c(=O)c2[C@H](c2ccc(F)cc2)N1C[C@@H](O)c1ccccc1. The van der Waals surface area contributed by atoms with Gasteiger partial charge in [-0.05, 0) is 41.5 Å². The van der Waals surface area contributed by atoms with E-state index in [9.17, 15) is 19.1 Å². The lowest BCUT2D eigenvalue weighted by molar-refractivity contribution is 0.0583. The molecule has 0 radical (unpaired) electrons. The molecule has 1 aromatic heterocycles. The Hall–Kier alpha value is -3.48. The molecule has 0 saturated carbocycles. The van der Waals surface area contributed by atoms with Crippen LogP contribution in [-0.4, -0.2) is 22.5 Å². The predicted octanol–water partition coefficient (Wildman–Crippen LogP) is 4.86. The Morgan fingerprint density at radius 3 is 2.47 bits per heavy atom. The van der Waals surface area contributed by atoms with Crippen molar-refractivity contribution in [2.24, 2.45) is 0 Å². The molecule has 0 saturated heterocycles. The summed E-state index contributed by atoms with van der Waals surface area (Å²) in [5.74, 6) is -1.04. The molecule has 0 unspecified atom stereocenters. The van der Waals surface area contributed by atoms with Gasteiger partial charge in [-0.2, -0.15) is 0 Å². The Balaban J connectivity index is 1.68. The van der Waals surface area contributed by atoms with Crippen LogP contribution in [0.4, 0.5) is 4.39 Å². The van der Waals surface area contributed by atoms with Gasteiger partial charge in [0, 0.05) is 5.02 Å². The topological polar surface area (TPSA) is 70.8 Å². The minimum atomic E-state index is -0.989. The predicted molar refractivity (Wildman–Crippen MR) is 118 cm³/mol. The molecule has 1 N–H and O–H groups in total. The molecular formula is C25H17ClFNO4. The van der Waals surface area contributed by atoms with E-state index in [1.165, 1.54) is 35.2 Å². The van der Waals surface area contributed by atoms with Gasteiger partial charge in [-0.25, -0.2) is 4.39 Å². The first kappa shape index (κ1) is 20.4. The molecule has 2 heterocycles. The van der Waals surface area contributed by atoms with E-state index < -0.39 is 23.9 Å². The number of fused-ring (bicyclic) bond motifs is 2. The molecule has 0 fully saturated rings. The van der Waals surface area contributed by atoms with Crippen LogP contribution in [0.15, 0.2) is 82.0 Å². The van der Waals surface area contributed by atoms with E-state index in [0.29, 0.717) is 16.1 Å². The average Bonchev–Trinajstić information content (AvgIpc) is 3.07. The van der Waals surface area contributed by atoms with E-state index >= 15 is 0 Å². The third kappa shape index (κ3) is 3.38. The van der Waals surface area contributed by atoms with Crippen molar-refractivity contribution in [3.63, 3.8) is 0 Å². The van der Waals surface area contributed by atoms with Gasteiger partial charge < -0.3 is 14.4 Å². The van der Waals surface area contributed by atoms with E-state index in [0.717, 1.165) is 0 Å². The zero-order valence-electron chi connectivity index (χ0n) is 16.7. The number of carbonyl (C=O) groups is 1. The molecule has 1 amide bonds. The second-order valence-electron chi connectivity index (χ2n) is 7.65. The zero-order chi connectivity index (χ0) is 22.4. The van der Waals surface area contributed by atoms with Gasteiger partial charge >= 0.3 is 0 Å². The van der Waals surface area contributed by atoms with Crippen molar-refractivity contribution in [3.8, 4) is 0 Å². The Bertz CT molecular complexity index is 1390. The highest BCUT2D eigenvalue weighted by Crippen LogP contribution is 2.39. The number of nitrogens with zero attached hydrogens (tertiary/aromatic N) is 1. The molecule has 1 aliphatic rings. The number of carbonyl (C=O) groups excluding carboxylic acids is 1. The largest absolute Gasteiger partial charge is 0.450 e. The second-order valence-corrected chi connectivity index (χ2v) is 8.09. The zero-order valence-corrected chi connectivity index (χ0v) is 17.4. The number of hydrogen-bond acceptors (Lipinski definition) is 4. The van der Waals surface area contributed by atoms with Crippen molar-refractivity contribution in [2.75, 3.05) is 6.54 Å². The Labute approximate surface area is 187 Å². The molecule has 0 aliphatic carbocycles. The van der Waals surface area contributed by atoms with Crippen LogP contribution in [0, 0.1) is 5.82 Å². The molecule has 160 valence electrons. The third-order valence-corrected chi connectivity index (χ3v) is 5.90. The Morgan fingerprint density at radius 2 is 1.75 bits per heavy atom. The number of rotatable bonds is 4. The Morgan fingerprint density at radius 1 is 1.03 bits per heavy atom. The lowest BCUT2D eigenvalue weighted by atomic mass is 9.98. The van der Waals surface area contributed by atoms with Crippen molar-refractivity contribution in [3.05, 3.63) is 116 Å². The number of β-amino-alcohol motifs (C(OH)–C–C–N with tert-alkyl or cyclic N) is 1. The van der Waals surface area contributed by atoms with E-state index in [-0.39, 0.29) is 34.3 Å². The molecule has 0 bridgehead atoms. The van der Waals surface area contributed by atoms with Crippen molar-refractivity contribution < 1.29 is 18.7 Å². The first-order valence-electron chi connectivity index (χ1n) is 10.00. The van der Waals surface area contributed by atoms with E-state index in [1.807, 2.05) is 6.07 Å². The molecule has 5 rings (SSSR count). The standard InChI is InChI=1S/C25H17ClFNO4/c26-16-8-11-20-18(12-16)23(30)21-22(15-6-9-17(27)10-7-15)28(25(31)24(21)32-20)13-19(29)14-4-2-1-3-5-14/h1-12,19,22,29H,13H2/t19-,22+/m1/s1. The fourth-order valence-corrected chi connectivity index (χ4v) is 4.31. The van der Waals surface area contributed by atoms with Crippen LogP contribution >= 0.6 is 11.6 Å². The van der Waals surface area contributed by atoms with Crippen LogP contribution in [0.5, 0.6) is 0 Å². The first-order valence-corrected chi connectivity index (χ1v) is 10.4. The van der Waals surface area contributed by atoms with Gasteiger partial charge in [-0.15, -0.1) is 0 Å². The molecule has 0 spiro atoms. The highest BCUT2D eigenvalue weighted by atomic mass is 35.5. The van der Waals surface area contributed by atoms with Gasteiger partial charge in [0.05, 0.1) is 29.6 Å². The number of halogens is 2. The number of aliphatic hydroxyl groups is 1. The molecule has 2 atom stereocenters. The molecule has 32 heavy (non-hydrogen) atoms. The molecule has 5 nitrogen and oxygen atoms in total. The van der Waals surface area contributed by atoms with Crippen LogP contribution in [0.1, 0.15) is 39.4 Å². The monoisotopic (exact) mass is 449 g/mol. The van der Waals surface area contributed by atoms with Crippen molar-refractivity contribution in [1.29, 1.82) is 0 Å². The number of aliphatic hydroxyl groups excluding tert-OH is 1. The fourth-order valence-electron chi connectivity index (χ4n) is 4.14. The summed E-state index contributed by atoms with van der Waals surface area (Å²) < 4.78 is 19.4. The minimum absolute atomic E-state index is 0.0777. The molecular weight excluding hydrogens is 433 g/mol. The normalized spacial score (nSPS) is 16.4. The summed E-state index contributed by atoms with van der Waals surface area (Å²) in [5, 5.41) is 11.4. The molecule has 1 aliphatic heterocycles. The summed E-state index contributed by atoms with van der Waals surface area (Å²) in [4.78, 5) is 28.2. The summed E-state index contributed by atoms with van der Waals surface area (Å²) >= 11 is 6.07. The van der Waals surface area contributed by atoms with E-state index in [2.05, 4.69) is 0 Å². The highest BCUT2D eigenvalue weighted by molar-refractivity contribution is 6.31. The van der Waals surface area contributed by atoms with Crippen molar-refractivity contribution in [2.45, 2.75) is 12.1 Å². The van der Waals surface area contributed by atoms with Crippen LogP contribution in [-0.2, 0) is 0 Å². The van der Waals surface area contributed by atoms with Crippen molar-refractivity contribution in [1.82, 2.24) is 4.90 Å². The summed E-state index contributed by atoms with van der Waals surface area (Å²) in [6.45, 7) is -0.0777. The molecule has 4 aromatic rings. The van der Waals surface area contributed by atoms with Gasteiger partial charge in [0.1, 0.15) is 11.4 Å². The van der Waals surface area contributed by atoms with Gasteiger partial charge in [0.15, 0.2) is 5.43 Å². The van der Waals surface area contributed by atoms with E-state index in [1.54, 1.807) is 36.4 Å². The first-order chi connectivity index (χ1) is 15.4. The summed E-state index contributed by atoms with van der Waals surface area (Å²) in [6.07, 6.45) is -0.989. The maximum absolute atomic E-state index is 13.6. The molecule has 7 heteroatoms.